The highest BCUT2D eigenvalue weighted by Gasteiger charge is 2.25. The molecule has 2 heteroatoms. The predicted molar refractivity (Wildman–Crippen MR) is 52.3 cm³/mol. The Bertz CT molecular complexity index is 208. The Morgan fingerprint density at radius 2 is 2.38 bits per heavy atom. The molecular weight excluding hydrogens is 164 g/mol. The lowest BCUT2D eigenvalue weighted by molar-refractivity contribution is -0.119. The third-order valence-corrected chi connectivity index (χ3v) is 2.77. The van der Waals surface area contributed by atoms with Crippen LogP contribution in [0.25, 0.3) is 0 Å². The van der Waals surface area contributed by atoms with Crippen molar-refractivity contribution < 1.29 is 9.90 Å². The van der Waals surface area contributed by atoms with Gasteiger partial charge in [-0.3, -0.25) is 4.79 Å². The third kappa shape index (κ3) is 2.96. The summed E-state index contributed by atoms with van der Waals surface area (Å²) in [4.78, 5) is 10.8. The molecule has 1 N–H and O–H groups in total. The Kier molecular flexibility index (Phi) is 3.67. The lowest BCUT2D eigenvalue weighted by atomic mass is 9.80. The number of carbonyl (C=O) groups is 1. The molecule has 1 aliphatic carbocycles. The standard InChI is InChI=1S/C11H18O2/c1-8-5-3-4-6-10(8)11(13)7-9(2)12/h3,5,8,10-11,13H,4,6-7H2,1-2H3/t8-,10+,11?/m0/s1. The number of aliphatic hydroxyl groups is 1. The number of hydrogen-bond acceptors (Lipinski definition) is 2. The first-order valence-corrected chi connectivity index (χ1v) is 4.95. The minimum absolute atomic E-state index is 0.0780. The van der Waals surface area contributed by atoms with Crippen LogP contribution in [-0.2, 0) is 4.79 Å². The van der Waals surface area contributed by atoms with Crippen molar-refractivity contribution in [1.82, 2.24) is 0 Å². The van der Waals surface area contributed by atoms with Gasteiger partial charge in [0.15, 0.2) is 0 Å². The normalized spacial score (nSPS) is 30.1. The zero-order valence-corrected chi connectivity index (χ0v) is 8.36. The number of Topliss-reactive ketones (excluding diaryl/α,β-unsaturated/α-hetero) is 1. The number of hydrogen-bond donors (Lipinski definition) is 1. The topological polar surface area (TPSA) is 37.3 Å². The second-order valence-electron chi connectivity index (χ2n) is 4.00. The molecule has 0 radical (unpaired) electrons. The summed E-state index contributed by atoms with van der Waals surface area (Å²) in [6, 6.07) is 0. The molecule has 0 bridgehead atoms. The van der Waals surface area contributed by atoms with E-state index in [0.717, 1.165) is 12.8 Å². The molecule has 2 nitrogen and oxygen atoms in total. The van der Waals surface area contributed by atoms with Crippen LogP contribution in [0.15, 0.2) is 12.2 Å². The van der Waals surface area contributed by atoms with Crippen LogP contribution in [0.1, 0.15) is 33.1 Å². The minimum atomic E-state index is -0.447. The lowest BCUT2D eigenvalue weighted by Crippen LogP contribution is -2.28. The number of ketones is 1. The Balaban J connectivity index is 2.50. The maximum absolute atomic E-state index is 10.8. The maximum Gasteiger partial charge on any atom is 0.132 e. The van der Waals surface area contributed by atoms with E-state index in [1.54, 1.807) is 0 Å². The van der Waals surface area contributed by atoms with Crippen molar-refractivity contribution in [2.45, 2.75) is 39.2 Å². The zero-order valence-electron chi connectivity index (χ0n) is 8.36. The zero-order chi connectivity index (χ0) is 9.84. The number of rotatable bonds is 3. The van der Waals surface area contributed by atoms with Gasteiger partial charge >= 0.3 is 0 Å². The Hall–Kier alpha value is -0.630. The molecule has 3 atom stereocenters. The summed E-state index contributed by atoms with van der Waals surface area (Å²) in [7, 11) is 0. The summed E-state index contributed by atoms with van der Waals surface area (Å²) in [6.07, 6.45) is 6.19. The van der Waals surface area contributed by atoms with E-state index in [2.05, 4.69) is 19.1 Å². The van der Waals surface area contributed by atoms with Gasteiger partial charge in [-0.1, -0.05) is 19.1 Å². The van der Waals surface area contributed by atoms with Crippen LogP contribution in [0.4, 0.5) is 0 Å². The number of carbonyl (C=O) groups excluding carboxylic acids is 1. The summed E-state index contributed by atoms with van der Waals surface area (Å²) in [5, 5.41) is 9.76. The van der Waals surface area contributed by atoms with Gasteiger partial charge in [-0.2, -0.15) is 0 Å². The summed E-state index contributed by atoms with van der Waals surface area (Å²) < 4.78 is 0. The first kappa shape index (κ1) is 10.5. The highest BCUT2D eigenvalue weighted by molar-refractivity contribution is 5.75. The van der Waals surface area contributed by atoms with Crippen LogP contribution >= 0.6 is 0 Å². The van der Waals surface area contributed by atoms with E-state index in [0.29, 0.717) is 12.3 Å². The van der Waals surface area contributed by atoms with Gasteiger partial charge in [-0.15, -0.1) is 0 Å². The molecule has 0 saturated carbocycles. The highest BCUT2D eigenvalue weighted by Crippen LogP contribution is 2.28. The molecule has 0 spiro atoms. The Morgan fingerprint density at radius 3 is 2.92 bits per heavy atom. The molecular formula is C11H18O2. The fraction of sp³-hybridized carbons (Fsp3) is 0.727. The van der Waals surface area contributed by atoms with Crippen LogP contribution < -0.4 is 0 Å². The van der Waals surface area contributed by atoms with Crippen molar-refractivity contribution >= 4 is 5.78 Å². The van der Waals surface area contributed by atoms with Crippen LogP contribution in [0, 0.1) is 11.8 Å². The van der Waals surface area contributed by atoms with Crippen molar-refractivity contribution in [3.8, 4) is 0 Å². The van der Waals surface area contributed by atoms with Crippen molar-refractivity contribution in [2.24, 2.45) is 11.8 Å². The molecule has 0 amide bonds. The van der Waals surface area contributed by atoms with Crippen molar-refractivity contribution in [2.75, 3.05) is 0 Å². The van der Waals surface area contributed by atoms with Gasteiger partial charge in [-0.25, -0.2) is 0 Å². The summed E-state index contributed by atoms with van der Waals surface area (Å²) in [5.74, 6) is 0.756. The molecule has 0 aliphatic heterocycles. The molecule has 13 heavy (non-hydrogen) atoms. The van der Waals surface area contributed by atoms with E-state index < -0.39 is 6.10 Å². The molecule has 74 valence electrons. The van der Waals surface area contributed by atoms with E-state index in [1.165, 1.54) is 6.92 Å². The smallest absolute Gasteiger partial charge is 0.132 e. The van der Waals surface area contributed by atoms with Crippen molar-refractivity contribution in [1.29, 1.82) is 0 Å². The third-order valence-electron chi connectivity index (χ3n) is 2.77. The van der Waals surface area contributed by atoms with E-state index in [-0.39, 0.29) is 11.7 Å². The molecule has 1 aliphatic rings. The van der Waals surface area contributed by atoms with Crippen LogP contribution in [0.2, 0.25) is 0 Å². The molecule has 0 heterocycles. The minimum Gasteiger partial charge on any atom is -0.392 e. The van der Waals surface area contributed by atoms with E-state index in [9.17, 15) is 9.90 Å². The molecule has 0 fully saturated rings. The second-order valence-corrected chi connectivity index (χ2v) is 4.00. The quantitative estimate of drug-likeness (QED) is 0.677. The Labute approximate surface area is 79.6 Å². The predicted octanol–water partition coefficient (Wildman–Crippen LogP) is 1.93. The van der Waals surface area contributed by atoms with Crippen LogP contribution in [0.3, 0.4) is 0 Å². The largest absolute Gasteiger partial charge is 0.392 e. The number of aliphatic hydroxyl groups excluding tert-OH is 1. The average Bonchev–Trinajstić information content (AvgIpc) is 2.03. The molecule has 0 aromatic carbocycles. The Morgan fingerprint density at radius 1 is 1.69 bits per heavy atom. The first-order chi connectivity index (χ1) is 6.11. The van der Waals surface area contributed by atoms with Gasteiger partial charge in [0.2, 0.25) is 0 Å². The molecule has 1 unspecified atom stereocenters. The molecule has 0 aromatic rings. The first-order valence-electron chi connectivity index (χ1n) is 4.95. The van der Waals surface area contributed by atoms with Gasteiger partial charge in [0.25, 0.3) is 0 Å². The van der Waals surface area contributed by atoms with Gasteiger partial charge in [0.05, 0.1) is 6.10 Å². The van der Waals surface area contributed by atoms with Gasteiger partial charge < -0.3 is 5.11 Å². The fourth-order valence-electron chi connectivity index (χ4n) is 1.99. The van der Waals surface area contributed by atoms with Crippen LogP contribution in [-0.4, -0.2) is 17.0 Å². The lowest BCUT2D eigenvalue weighted by Gasteiger charge is -2.28. The summed E-state index contributed by atoms with van der Waals surface area (Å²) in [5.41, 5.74) is 0. The molecule has 0 saturated heterocycles. The number of allylic oxidation sites excluding steroid dienone is 2. The van der Waals surface area contributed by atoms with E-state index in [4.69, 9.17) is 0 Å². The fourth-order valence-corrected chi connectivity index (χ4v) is 1.99. The van der Waals surface area contributed by atoms with Crippen LogP contribution in [0.5, 0.6) is 0 Å². The van der Waals surface area contributed by atoms with Crippen molar-refractivity contribution in [3.05, 3.63) is 12.2 Å². The van der Waals surface area contributed by atoms with E-state index >= 15 is 0 Å². The second kappa shape index (κ2) is 4.56. The van der Waals surface area contributed by atoms with Gasteiger partial charge in [0.1, 0.15) is 5.78 Å². The summed E-state index contributed by atoms with van der Waals surface area (Å²) in [6.45, 7) is 3.64. The van der Waals surface area contributed by atoms with Gasteiger partial charge in [0, 0.05) is 6.42 Å². The monoisotopic (exact) mass is 182 g/mol. The van der Waals surface area contributed by atoms with E-state index in [1.807, 2.05) is 0 Å². The molecule has 1 rings (SSSR count). The molecule has 0 aromatic heterocycles. The SMILES string of the molecule is CC(=O)CC(O)[C@@H]1CCC=C[C@@H]1C. The van der Waals surface area contributed by atoms with Crippen molar-refractivity contribution in [3.63, 3.8) is 0 Å². The maximum atomic E-state index is 10.8. The average molecular weight is 182 g/mol. The van der Waals surface area contributed by atoms with Gasteiger partial charge in [-0.05, 0) is 31.6 Å². The summed E-state index contributed by atoms with van der Waals surface area (Å²) >= 11 is 0. The highest BCUT2D eigenvalue weighted by atomic mass is 16.3.